The van der Waals surface area contributed by atoms with Gasteiger partial charge in [0.2, 0.25) is 11.9 Å². The van der Waals surface area contributed by atoms with Crippen molar-refractivity contribution in [1.82, 2.24) is 30.4 Å². The van der Waals surface area contributed by atoms with Crippen molar-refractivity contribution < 1.29 is 0 Å². The number of aromatic amines is 2. The molecule has 0 unspecified atom stereocenters. The van der Waals surface area contributed by atoms with Crippen LogP contribution < -0.4 is 11.5 Å². The fourth-order valence-corrected chi connectivity index (χ4v) is 1.59. The quantitative estimate of drug-likeness (QED) is 0.548. The lowest BCUT2D eigenvalue weighted by molar-refractivity contribution is 1.10. The lowest BCUT2D eigenvalue weighted by atomic mass is 10.1. The van der Waals surface area contributed by atoms with E-state index in [2.05, 4.69) is 30.4 Å². The smallest absolute Gasteiger partial charge is 0.239 e. The summed E-state index contributed by atoms with van der Waals surface area (Å²) in [6.45, 7) is 0. The number of benzene rings is 1. The van der Waals surface area contributed by atoms with Crippen LogP contribution in [0.5, 0.6) is 0 Å². The zero-order chi connectivity index (χ0) is 12.5. The summed E-state index contributed by atoms with van der Waals surface area (Å²) in [7, 11) is 0. The van der Waals surface area contributed by atoms with Gasteiger partial charge in [-0.3, -0.25) is 10.2 Å². The summed E-state index contributed by atoms with van der Waals surface area (Å²) < 4.78 is 0. The second kappa shape index (κ2) is 4.94. The van der Waals surface area contributed by atoms with Crippen LogP contribution in [0.25, 0.3) is 22.8 Å². The molecular formula is C10H11ClN8. The third-order valence-corrected chi connectivity index (χ3v) is 2.44. The number of aromatic nitrogens is 6. The van der Waals surface area contributed by atoms with Crippen LogP contribution in [0.3, 0.4) is 0 Å². The predicted octanol–water partition coefficient (Wildman–Crippen LogP) is 0.843. The topological polar surface area (TPSA) is 135 Å². The second-order valence-electron chi connectivity index (χ2n) is 3.66. The molecule has 8 nitrogen and oxygen atoms in total. The highest BCUT2D eigenvalue weighted by atomic mass is 35.5. The summed E-state index contributed by atoms with van der Waals surface area (Å²) >= 11 is 0. The van der Waals surface area contributed by atoms with E-state index in [-0.39, 0.29) is 24.3 Å². The van der Waals surface area contributed by atoms with E-state index < -0.39 is 0 Å². The fraction of sp³-hybridized carbons (Fsp3) is 0. The predicted molar refractivity (Wildman–Crippen MR) is 73.3 cm³/mol. The van der Waals surface area contributed by atoms with Crippen molar-refractivity contribution in [2.24, 2.45) is 0 Å². The van der Waals surface area contributed by atoms with E-state index in [1.54, 1.807) is 0 Å². The summed E-state index contributed by atoms with van der Waals surface area (Å²) in [5.41, 5.74) is 12.7. The lowest BCUT2D eigenvalue weighted by Crippen LogP contribution is -1.86. The average Bonchev–Trinajstić information content (AvgIpc) is 2.98. The van der Waals surface area contributed by atoms with Gasteiger partial charge in [0.05, 0.1) is 0 Å². The molecule has 6 N–H and O–H groups in total. The molecule has 98 valence electrons. The van der Waals surface area contributed by atoms with E-state index in [9.17, 15) is 0 Å². The Balaban J connectivity index is 0.00000133. The van der Waals surface area contributed by atoms with E-state index in [1.165, 1.54) is 0 Å². The first kappa shape index (κ1) is 12.8. The van der Waals surface area contributed by atoms with Gasteiger partial charge in [0, 0.05) is 11.1 Å². The highest BCUT2D eigenvalue weighted by Crippen LogP contribution is 2.20. The summed E-state index contributed by atoms with van der Waals surface area (Å²) in [5, 5.41) is 13.0. The minimum absolute atomic E-state index is 0. The number of halogens is 1. The third-order valence-electron chi connectivity index (χ3n) is 2.44. The molecule has 1 aromatic carbocycles. The minimum Gasteiger partial charge on any atom is -0.366 e. The molecule has 2 heterocycles. The molecule has 0 bridgehead atoms. The van der Waals surface area contributed by atoms with Crippen LogP contribution in [0.2, 0.25) is 0 Å². The number of anilines is 2. The molecule has 2 aromatic heterocycles. The average molecular weight is 279 g/mol. The van der Waals surface area contributed by atoms with Gasteiger partial charge in [0.15, 0.2) is 11.6 Å². The Hall–Kier alpha value is -2.61. The first-order valence-corrected chi connectivity index (χ1v) is 5.19. The normalized spacial score (nSPS) is 10.1. The monoisotopic (exact) mass is 278 g/mol. The van der Waals surface area contributed by atoms with E-state index >= 15 is 0 Å². The second-order valence-corrected chi connectivity index (χ2v) is 3.66. The van der Waals surface area contributed by atoms with Gasteiger partial charge >= 0.3 is 0 Å². The molecule has 0 aliphatic heterocycles. The van der Waals surface area contributed by atoms with Gasteiger partial charge in [0.1, 0.15) is 0 Å². The summed E-state index contributed by atoms with van der Waals surface area (Å²) in [5.74, 6) is 1.68. The van der Waals surface area contributed by atoms with Gasteiger partial charge in [-0.05, 0) is 0 Å². The van der Waals surface area contributed by atoms with Gasteiger partial charge in [-0.15, -0.1) is 22.6 Å². The maximum atomic E-state index is 5.45. The molecule has 19 heavy (non-hydrogen) atoms. The third kappa shape index (κ3) is 2.47. The molecule has 0 saturated heterocycles. The minimum atomic E-state index is 0. The molecule has 3 rings (SSSR count). The molecule has 9 heteroatoms. The number of hydrogen-bond acceptors (Lipinski definition) is 6. The molecule has 0 aliphatic carbocycles. The lowest BCUT2D eigenvalue weighted by Gasteiger charge is -1.98. The van der Waals surface area contributed by atoms with Crippen LogP contribution >= 0.6 is 12.4 Å². The van der Waals surface area contributed by atoms with E-state index in [1.807, 2.05) is 24.3 Å². The first-order chi connectivity index (χ1) is 8.72. The molecule has 3 aromatic rings. The number of hydrogen-bond donors (Lipinski definition) is 4. The van der Waals surface area contributed by atoms with Crippen molar-refractivity contribution in [1.29, 1.82) is 0 Å². The maximum Gasteiger partial charge on any atom is 0.239 e. The molecule has 0 radical (unpaired) electrons. The van der Waals surface area contributed by atoms with Crippen LogP contribution in [-0.4, -0.2) is 30.4 Å². The Kier molecular flexibility index (Phi) is 3.34. The van der Waals surface area contributed by atoms with E-state index in [0.29, 0.717) is 11.6 Å². The van der Waals surface area contributed by atoms with Crippen molar-refractivity contribution in [2.45, 2.75) is 0 Å². The van der Waals surface area contributed by atoms with E-state index in [0.717, 1.165) is 11.1 Å². The fourth-order valence-electron chi connectivity index (χ4n) is 1.59. The van der Waals surface area contributed by atoms with Crippen molar-refractivity contribution in [3.63, 3.8) is 0 Å². The van der Waals surface area contributed by atoms with Crippen LogP contribution in [0.1, 0.15) is 0 Å². The number of nitrogens with two attached hydrogens (primary N) is 2. The highest BCUT2D eigenvalue weighted by molar-refractivity contribution is 5.85. The van der Waals surface area contributed by atoms with Gasteiger partial charge in [-0.1, -0.05) is 24.3 Å². The van der Waals surface area contributed by atoms with Crippen molar-refractivity contribution >= 4 is 24.3 Å². The van der Waals surface area contributed by atoms with Crippen molar-refractivity contribution in [2.75, 3.05) is 11.5 Å². The maximum absolute atomic E-state index is 5.45. The summed E-state index contributed by atoms with van der Waals surface area (Å²) in [6.07, 6.45) is 0. The Morgan fingerprint density at radius 3 is 1.37 bits per heavy atom. The number of nitrogens with one attached hydrogen (secondary N) is 2. The van der Waals surface area contributed by atoms with Crippen LogP contribution in [-0.2, 0) is 0 Å². The molecule has 0 aliphatic rings. The van der Waals surface area contributed by atoms with E-state index in [4.69, 9.17) is 11.5 Å². The van der Waals surface area contributed by atoms with Crippen LogP contribution in [0.4, 0.5) is 11.9 Å². The molecular weight excluding hydrogens is 268 g/mol. The van der Waals surface area contributed by atoms with Gasteiger partial charge in [0.25, 0.3) is 0 Å². The summed E-state index contributed by atoms with van der Waals surface area (Å²) in [4.78, 5) is 8.09. The number of H-pyrrole nitrogens is 2. The molecule has 0 atom stereocenters. The number of nitrogens with zero attached hydrogens (tertiary/aromatic N) is 4. The van der Waals surface area contributed by atoms with Crippen molar-refractivity contribution in [3.8, 4) is 22.8 Å². The molecule has 0 amide bonds. The van der Waals surface area contributed by atoms with Crippen LogP contribution in [0.15, 0.2) is 24.3 Å². The molecule has 0 fully saturated rings. The largest absolute Gasteiger partial charge is 0.366 e. The standard InChI is InChI=1S/C10H10N8.ClH/c11-9-13-7(15-17-9)5-1-2-6(4-3-5)8-14-10(12)18-16-8;/h1-4H,(H3,11,13,15,17)(H3,12,14,16,18);1H. The van der Waals surface area contributed by atoms with Gasteiger partial charge in [-0.2, -0.15) is 9.97 Å². The zero-order valence-corrected chi connectivity index (χ0v) is 10.5. The number of nitrogen functional groups attached to an aromatic ring is 2. The Bertz CT molecular complexity index is 612. The molecule has 0 spiro atoms. The number of rotatable bonds is 2. The molecule has 0 saturated carbocycles. The van der Waals surface area contributed by atoms with Crippen molar-refractivity contribution in [3.05, 3.63) is 24.3 Å². The SMILES string of the molecule is Cl.Nc1n[nH]c(-c2ccc(-c3nc(N)n[nH]3)cc2)n1. The Labute approximate surface area is 114 Å². The van der Waals surface area contributed by atoms with Gasteiger partial charge in [-0.25, -0.2) is 0 Å². The first-order valence-electron chi connectivity index (χ1n) is 5.19. The van der Waals surface area contributed by atoms with Crippen LogP contribution in [0, 0.1) is 0 Å². The highest BCUT2D eigenvalue weighted by Gasteiger charge is 2.06. The Morgan fingerprint density at radius 2 is 1.11 bits per heavy atom. The summed E-state index contributed by atoms with van der Waals surface area (Å²) in [6, 6.07) is 7.53. The zero-order valence-electron chi connectivity index (χ0n) is 9.66. The van der Waals surface area contributed by atoms with Gasteiger partial charge < -0.3 is 11.5 Å². The Morgan fingerprint density at radius 1 is 0.737 bits per heavy atom.